The quantitative estimate of drug-likeness (QED) is 0.470. The Morgan fingerprint density at radius 1 is 0.906 bits per heavy atom. The molecule has 5 rings (SSSR count). The molecule has 0 radical (unpaired) electrons. The zero-order valence-corrected chi connectivity index (χ0v) is 17.8. The number of rotatable bonds is 4. The molecule has 0 bridgehead atoms. The van der Waals surface area contributed by atoms with E-state index in [-0.39, 0.29) is 12.5 Å². The largest absolute Gasteiger partial charge is 0.378 e. The van der Waals surface area contributed by atoms with Crippen molar-refractivity contribution in [3.63, 3.8) is 0 Å². The fraction of sp³-hybridized carbons (Fsp3) is 0.320. The average Bonchev–Trinajstić information content (AvgIpc) is 3.21. The monoisotopic (exact) mass is 431 g/mol. The summed E-state index contributed by atoms with van der Waals surface area (Å²) in [5.41, 5.74) is 3.24. The summed E-state index contributed by atoms with van der Waals surface area (Å²) in [5.74, 6) is -1.10. The number of ketones is 1. The standard InChI is InChI=1S/C25H25N3O4/c29-23(28-11-5-7-18-6-1-3-9-21(18)28)17-27-16-20(19-8-2-4-10-22(19)27)24(30)25(31)26-12-14-32-15-13-26/h1-4,6,8-10,16H,5,7,11-15,17H2. The molecule has 2 aromatic carbocycles. The second-order valence-corrected chi connectivity index (χ2v) is 8.20. The van der Waals surface area contributed by atoms with Gasteiger partial charge >= 0.3 is 0 Å². The Balaban J connectivity index is 1.44. The van der Waals surface area contributed by atoms with E-state index in [1.54, 1.807) is 10.8 Å². The Kier molecular flexibility index (Phi) is 5.49. The minimum Gasteiger partial charge on any atom is -0.378 e. The van der Waals surface area contributed by atoms with E-state index in [4.69, 9.17) is 4.74 Å². The summed E-state index contributed by atoms with van der Waals surface area (Å²) < 4.78 is 7.07. The van der Waals surface area contributed by atoms with Crippen LogP contribution in [0.15, 0.2) is 54.7 Å². The number of hydrogen-bond acceptors (Lipinski definition) is 4. The van der Waals surface area contributed by atoms with Crippen molar-refractivity contribution in [3.05, 3.63) is 65.9 Å². The average molecular weight is 431 g/mol. The first-order valence-electron chi connectivity index (χ1n) is 11.0. The molecule has 0 spiro atoms. The number of Topliss-reactive ketones (excluding diaryl/α,β-unsaturated/α-hetero) is 1. The van der Waals surface area contributed by atoms with Crippen LogP contribution in [-0.2, 0) is 27.3 Å². The van der Waals surface area contributed by atoms with Gasteiger partial charge in [-0.3, -0.25) is 14.4 Å². The molecule has 1 saturated heterocycles. The number of para-hydroxylation sites is 2. The highest BCUT2D eigenvalue weighted by atomic mass is 16.5. The predicted molar refractivity (Wildman–Crippen MR) is 121 cm³/mol. The van der Waals surface area contributed by atoms with E-state index in [0.717, 1.165) is 24.0 Å². The number of carbonyl (C=O) groups is 3. The molecule has 1 aromatic heterocycles. The van der Waals surface area contributed by atoms with Crippen molar-refractivity contribution in [1.82, 2.24) is 9.47 Å². The second-order valence-electron chi connectivity index (χ2n) is 8.20. The van der Waals surface area contributed by atoms with Crippen molar-refractivity contribution in [2.24, 2.45) is 0 Å². The van der Waals surface area contributed by atoms with Gasteiger partial charge in [0.15, 0.2) is 0 Å². The van der Waals surface area contributed by atoms with Crippen LogP contribution in [0.5, 0.6) is 0 Å². The molecule has 3 heterocycles. The van der Waals surface area contributed by atoms with E-state index in [9.17, 15) is 14.4 Å². The molecule has 0 atom stereocenters. The molecular formula is C25H25N3O4. The number of benzene rings is 2. The van der Waals surface area contributed by atoms with E-state index < -0.39 is 11.7 Å². The highest BCUT2D eigenvalue weighted by Gasteiger charge is 2.28. The van der Waals surface area contributed by atoms with Crippen LogP contribution in [0.4, 0.5) is 5.69 Å². The van der Waals surface area contributed by atoms with Gasteiger partial charge in [-0.25, -0.2) is 0 Å². The number of morpholine rings is 1. The predicted octanol–water partition coefficient (Wildman–Crippen LogP) is 2.66. The maximum Gasteiger partial charge on any atom is 0.295 e. The summed E-state index contributed by atoms with van der Waals surface area (Å²) in [7, 11) is 0. The zero-order valence-electron chi connectivity index (χ0n) is 17.8. The van der Waals surface area contributed by atoms with Gasteiger partial charge < -0.3 is 19.1 Å². The van der Waals surface area contributed by atoms with Crippen LogP contribution in [0.1, 0.15) is 22.3 Å². The number of nitrogens with zero attached hydrogens (tertiary/aromatic N) is 3. The third-order valence-corrected chi connectivity index (χ3v) is 6.24. The lowest BCUT2D eigenvalue weighted by Crippen LogP contribution is -2.44. The molecule has 1 fully saturated rings. The third kappa shape index (κ3) is 3.69. The number of aromatic nitrogens is 1. The second kappa shape index (κ2) is 8.59. The summed E-state index contributed by atoms with van der Waals surface area (Å²) >= 11 is 0. The van der Waals surface area contributed by atoms with E-state index >= 15 is 0 Å². The first-order chi connectivity index (χ1) is 15.6. The molecule has 0 saturated carbocycles. The summed E-state index contributed by atoms with van der Waals surface area (Å²) in [4.78, 5) is 42.5. The number of anilines is 1. The maximum atomic E-state index is 13.3. The van der Waals surface area contributed by atoms with Crippen LogP contribution in [0.3, 0.4) is 0 Å². The summed E-state index contributed by atoms with van der Waals surface area (Å²) in [6, 6.07) is 15.4. The number of amides is 2. The topological polar surface area (TPSA) is 71.8 Å². The van der Waals surface area contributed by atoms with Gasteiger partial charge in [0.25, 0.3) is 11.7 Å². The number of fused-ring (bicyclic) bond motifs is 2. The Morgan fingerprint density at radius 3 is 2.50 bits per heavy atom. The number of ether oxygens (including phenoxy) is 1. The van der Waals surface area contributed by atoms with Crippen LogP contribution < -0.4 is 4.90 Å². The molecule has 0 unspecified atom stereocenters. The SMILES string of the molecule is O=C(C(=O)N1CCOCC1)c1cn(CC(=O)N2CCCc3ccccc32)c2ccccc12. The van der Waals surface area contributed by atoms with Gasteiger partial charge in [-0.05, 0) is 30.5 Å². The zero-order chi connectivity index (χ0) is 22.1. The fourth-order valence-electron chi connectivity index (χ4n) is 4.61. The van der Waals surface area contributed by atoms with Crippen molar-refractivity contribution in [2.75, 3.05) is 37.7 Å². The highest BCUT2D eigenvalue weighted by molar-refractivity contribution is 6.44. The summed E-state index contributed by atoms with van der Waals surface area (Å²) in [6.07, 6.45) is 3.54. The summed E-state index contributed by atoms with van der Waals surface area (Å²) in [6.45, 7) is 2.48. The number of aryl methyl sites for hydroxylation is 1. The lowest BCUT2D eigenvalue weighted by Gasteiger charge is -2.29. The van der Waals surface area contributed by atoms with Crippen LogP contribution in [0, 0.1) is 0 Å². The smallest absolute Gasteiger partial charge is 0.295 e. The molecule has 32 heavy (non-hydrogen) atoms. The third-order valence-electron chi connectivity index (χ3n) is 6.24. The fourth-order valence-corrected chi connectivity index (χ4v) is 4.61. The van der Waals surface area contributed by atoms with Crippen molar-refractivity contribution in [1.29, 1.82) is 0 Å². The Hall–Kier alpha value is -3.45. The number of carbonyl (C=O) groups excluding carboxylic acids is 3. The molecule has 2 aliphatic heterocycles. The van der Waals surface area contributed by atoms with Gasteiger partial charge in [-0.1, -0.05) is 36.4 Å². The van der Waals surface area contributed by atoms with E-state index in [1.807, 2.05) is 47.4 Å². The Morgan fingerprint density at radius 2 is 1.66 bits per heavy atom. The van der Waals surface area contributed by atoms with Crippen LogP contribution in [-0.4, -0.2) is 59.9 Å². The van der Waals surface area contributed by atoms with Gasteiger partial charge in [0.05, 0.1) is 18.8 Å². The van der Waals surface area contributed by atoms with Gasteiger partial charge in [0.1, 0.15) is 6.54 Å². The molecule has 0 aliphatic carbocycles. The van der Waals surface area contributed by atoms with E-state index in [2.05, 4.69) is 6.07 Å². The van der Waals surface area contributed by atoms with Gasteiger partial charge in [-0.2, -0.15) is 0 Å². The first-order valence-corrected chi connectivity index (χ1v) is 11.0. The van der Waals surface area contributed by atoms with Crippen molar-refractivity contribution in [3.8, 4) is 0 Å². The highest BCUT2D eigenvalue weighted by Crippen LogP contribution is 2.28. The molecular weight excluding hydrogens is 406 g/mol. The van der Waals surface area contributed by atoms with Gasteiger partial charge in [-0.15, -0.1) is 0 Å². The van der Waals surface area contributed by atoms with E-state index in [1.165, 1.54) is 10.5 Å². The molecule has 7 nitrogen and oxygen atoms in total. The molecule has 3 aromatic rings. The van der Waals surface area contributed by atoms with Crippen LogP contribution in [0.25, 0.3) is 10.9 Å². The summed E-state index contributed by atoms with van der Waals surface area (Å²) in [5, 5.41) is 0.686. The minimum absolute atomic E-state index is 0.0311. The molecule has 0 N–H and O–H groups in total. The Bertz CT molecular complexity index is 1190. The van der Waals surface area contributed by atoms with E-state index in [0.29, 0.717) is 43.8 Å². The van der Waals surface area contributed by atoms with Crippen LogP contribution in [0.2, 0.25) is 0 Å². The van der Waals surface area contributed by atoms with Gasteiger partial charge in [0, 0.05) is 42.4 Å². The first kappa shape index (κ1) is 20.5. The maximum absolute atomic E-state index is 13.3. The lowest BCUT2D eigenvalue weighted by atomic mass is 10.0. The lowest BCUT2D eigenvalue weighted by molar-refractivity contribution is -0.130. The van der Waals surface area contributed by atoms with Crippen LogP contribution >= 0.6 is 0 Å². The van der Waals surface area contributed by atoms with Crippen molar-refractivity contribution in [2.45, 2.75) is 19.4 Å². The molecule has 7 heteroatoms. The number of hydrogen-bond donors (Lipinski definition) is 0. The molecule has 164 valence electrons. The van der Waals surface area contributed by atoms with Crippen molar-refractivity contribution < 1.29 is 19.1 Å². The van der Waals surface area contributed by atoms with Crippen molar-refractivity contribution >= 4 is 34.2 Å². The molecule has 2 amide bonds. The minimum atomic E-state index is -0.544. The van der Waals surface area contributed by atoms with Gasteiger partial charge in [0.2, 0.25) is 5.91 Å². The molecule has 2 aliphatic rings. The Labute approximate surface area is 186 Å². The normalized spacial score (nSPS) is 16.1.